The molecule has 9 heteroatoms. The van der Waals surface area contributed by atoms with Crippen molar-refractivity contribution in [3.8, 4) is 5.75 Å². The van der Waals surface area contributed by atoms with Crippen molar-refractivity contribution in [3.05, 3.63) is 48.5 Å². The van der Waals surface area contributed by atoms with Crippen molar-refractivity contribution in [1.82, 2.24) is 0 Å². The van der Waals surface area contributed by atoms with Gasteiger partial charge in [0.1, 0.15) is 12.3 Å². The van der Waals surface area contributed by atoms with E-state index in [-0.39, 0.29) is 6.54 Å². The van der Waals surface area contributed by atoms with Gasteiger partial charge in [-0.05, 0) is 36.4 Å². The Hall–Kier alpha value is -2.78. The molecule has 1 aliphatic rings. The van der Waals surface area contributed by atoms with Gasteiger partial charge in [-0.3, -0.25) is 9.10 Å². The predicted octanol–water partition coefficient (Wildman–Crippen LogP) is 1.94. The smallest absolute Gasteiger partial charge is 0.245 e. The lowest BCUT2D eigenvalue weighted by Crippen LogP contribution is -2.37. The Kier molecular flexibility index (Phi) is 6.60. The van der Waals surface area contributed by atoms with Crippen LogP contribution in [0.4, 0.5) is 17.1 Å². The van der Waals surface area contributed by atoms with Crippen molar-refractivity contribution < 1.29 is 22.7 Å². The van der Waals surface area contributed by atoms with Gasteiger partial charge in [-0.15, -0.1) is 0 Å². The number of para-hydroxylation sites is 2. The van der Waals surface area contributed by atoms with Crippen molar-refractivity contribution in [2.24, 2.45) is 0 Å². The molecule has 2 aromatic carbocycles. The monoisotopic (exact) mass is 419 g/mol. The van der Waals surface area contributed by atoms with Crippen LogP contribution in [0.2, 0.25) is 0 Å². The van der Waals surface area contributed by atoms with Crippen molar-refractivity contribution in [3.63, 3.8) is 0 Å². The highest BCUT2D eigenvalue weighted by molar-refractivity contribution is 7.92. The molecule has 0 aromatic heterocycles. The largest absolute Gasteiger partial charge is 0.495 e. The number of nitrogens with zero attached hydrogens (tertiary/aromatic N) is 2. The number of carbonyl (C=O) groups excluding carboxylic acids is 1. The van der Waals surface area contributed by atoms with Crippen LogP contribution in [0.1, 0.15) is 0 Å². The summed E-state index contributed by atoms with van der Waals surface area (Å²) in [6.45, 7) is 2.69. The zero-order chi connectivity index (χ0) is 20.9. The molecule has 0 aliphatic carbocycles. The SMILES string of the molecule is COc1ccccc1N(CC(=O)Nc1ccc(N2CCOCC2)cc1)S(C)(=O)=O. The van der Waals surface area contributed by atoms with Gasteiger partial charge in [0.15, 0.2) is 0 Å². The standard InChI is InChI=1S/C20H25N3O5S/c1-27-19-6-4-3-5-18(19)23(29(2,25)26)15-20(24)21-16-7-9-17(10-8-16)22-11-13-28-14-12-22/h3-10H,11-15H2,1-2H3,(H,21,24). The third-order valence-corrected chi connectivity index (χ3v) is 5.70. The molecule has 8 nitrogen and oxygen atoms in total. The number of benzene rings is 2. The van der Waals surface area contributed by atoms with Crippen molar-refractivity contribution in [1.29, 1.82) is 0 Å². The number of hydrogen-bond acceptors (Lipinski definition) is 6. The lowest BCUT2D eigenvalue weighted by atomic mass is 10.2. The van der Waals surface area contributed by atoms with Gasteiger partial charge in [0.2, 0.25) is 15.9 Å². The lowest BCUT2D eigenvalue weighted by molar-refractivity contribution is -0.114. The van der Waals surface area contributed by atoms with E-state index in [1.807, 2.05) is 12.1 Å². The summed E-state index contributed by atoms with van der Waals surface area (Å²) in [6.07, 6.45) is 1.06. The van der Waals surface area contributed by atoms with E-state index in [1.165, 1.54) is 7.11 Å². The third kappa shape index (κ3) is 5.39. The molecule has 0 bridgehead atoms. The van der Waals surface area contributed by atoms with E-state index < -0.39 is 15.9 Å². The minimum atomic E-state index is -3.69. The molecule has 1 fully saturated rings. The van der Waals surface area contributed by atoms with E-state index in [4.69, 9.17) is 9.47 Å². The highest BCUT2D eigenvalue weighted by atomic mass is 32.2. The van der Waals surface area contributed by atoms with Crippen LogP contribution in [0.5, 0.6) is 5.75 Å². The molecular formula is C20H25N3O5S. The minimum Gasteiger partial charge on any atom is -0.495 e. The van der Waals surface area contributed by atoms with E-state index in [0.29, 0.717) is 30.3 Å². The number of morpholine rings is 1. The molecule has 1 heterocycles. The van der Waals surface area contributed by atoms with E-state index in [1.54, 1.807) is 36.4 Å². The number of ether oxygens (including phenoxy) is 2. The summed E-state index contributed by atoms with van der Waals surface area (Å²) in [5.41, 5.74) is 1.97. The highest BCUT2D eigenvalue weighted by Crippen LogP contribution is 2.29. The summed E-state index contributed by atoms with van der Waals surface area (Å²) < 4.78 is 36.2. The Morgan fingerprint density at radius 1 is 1.14 bits per heavy atom. The third-order valence-electron chi connectivity index (χ3n) is 4.57. The highest BCUT2D eigenvalue weighted by Gasteiger charge is 2.23. The summed E-state index contributed by atoms with van der Waals surface area (Å²) in [6, 6.07) is 14.1. The molecule has 0 unspecified atom stereocenters. The first-order chi connectivity index (χ1) is 13.9. The van der Waals surface area contributed by atoms with E-state index >= 15 is 0 Å². The van der Waals surface area contributed by atoms with Gasteiger partial charge in [-0.1, -0.05) is 12.1 Å². The molecule has 0 atom stereocenters. The average molecular weight is 420 g/mol. The maximum atomic E-state index is 12.5. The topological polar surface area (TPSA) is 88.2 Å². The molecule has 1 amide bonds. The van der Waals surface area contributed by atoms with Gasteiger partial charge in [-0.25, -0.2) is 8.42 Å². The fraction of sp³-hybridized carbons (Fsp3) is 0.350. The maximum Gasteiger partial charge on any atom is 0.245 e. The Labute approximate surface area is 171 Å². The lowest BCUT2D eigenvalue weighted by Gasteiger charge is -2.29. The van der Waals surface area contributed by atoms with Crippen LogP contribution < -0.4 is 19.3 Å². The van der Waals surface area contributed by atoms with Gasteiger partial charge >= 0.3 is 0 Å². The summed E-state index contributed by atoms with van der Waals surface area (Å²) in [5.74, 6) is -0.0685. The molecule has 1 N–H and O–H groups in total. The summed E-state index contributed by atoms with van der Waals surface area (Å²) in [4.78, 5) is 14.8. The van der Waals surface area contributed by atoms with E-state index in [2.05, 4.69) is 10.2 Å². The second kappa shape index (κ2) is 9.15. The molecule has 0 radical (unpaired) electrons. The minimum absolute atomic E-state index is 0.315. The van der Waals surface area contributed by atoms with Crippen LogP contribution in [0, 0.1) is 0 Å². The molecule has 1 aliphatic heterocycles. The first-order valence-corrected chi connectivity index (χ1v) is 11.1. The molecule has 2 aromatic rings. The average Bonchev–Trinajstić information content (AvgIpc) is 2.72. The van der Waals surface area contributed by atoms with Crippen LogP contribution in [-0.4, -0.2) is 60.5 Å². The zero-order valence-electron chi connectivity index (χ0n) is 16.5. The Bertz CT molecular complexity index is 941. The van der Waals surface area contributed by atoms with Gasteiger partial charge in [0, 0.05) is 24.5 Å². The van der Waals surface area contributed by atoms with Crippen LogP contribution in [0.25, 0.3) is 0 Å². The predicted molar refractivity (Wildman–Crippen MR) is 113 cm³/mol. The van der Waals surface area contributed by atoms with Crippen LogP contribution in [0.3, 0.4) is 0 Å². The van der Waals surface area contributed by atoms with E-state index in [0.717, 1.165) is 29.3 Å². The summed E-state index contributed by atoms with van der Waals surface area (Å²) in [5, 5.41) is 2.75. The summed E-state index contributed by atoms with van der Waals surface area (Å²) >= 11 is 0. The molecule has 1 saturated heterocycles. The number of anilines is 3. The molecule has 29 heavy (non-hydrogen) atoms. The molecular weight excluding hydrogens is 394 g/mol. The van der Waals surface area contributed by atoms with Gasteiger partial charge in [0.05, 0.1) is 32.3 Å². The van der Waals surface area contributed by atoms with Gasteiger partial charge in [0.25, 0.3) is 0 Å². The first-order valence-electron chi connectivity index (χ1n) is 9.22. The van der Waals surface area contributed by atoms with E-state index in [9.17, 15) is 13.2 Å². The second-order valence-electron chi connectivity index (χ2n) is 6.64. The Morgan fingerprint density at radius 3 is 2.41 bits per heavy atom. The quantitative estimate of drug-likeness (QED) is 0.738. The number of carbonyl (C=O) groups is 1. The molecule has 3 rings (SSSR count). The van der Waals surface area contributed by atoms with Crippen molar-refractivity contribution >= 4 is 33.0 Å². The normalized spacial score (nSPS) is 14.3. The van der Waals surface area contributed by atoms with Crippen molar-refractivity contribution in [2.45, 2.75) is 0 Å². The van der Waals surface area contributed by atoms with Gasteiger partial charge < -0.3 is 19.7 Å². The van der Waals surface area contributed by atoms with Gasteiger partial charge in [-0.2, -0.15) is 0 Å². The number of sulfonamides is 1. The number of amides is 1. The molecule has 156 valence electrons. The maximum absolute atomic E-state index is 12.5. The fourth-order valence-electron chi connectivity index (χ4n) is 3.12. The van der Waals surface area contributed by atoms with Crippen molar-refractivity contribution in [2.75, 3.05) is 60.7 Å². The fourth-order valence-corrected chi connectivity index (χ4v) is 3.98. The second-order valence-corrected chi connectivity index (χ2v) is 8.54. The van der Waals surface area contributed by atoms with Crippen LogP contribution in [0.15, 0.2) is 48.5 Å². The number of rotatable bonds is 7. The molecule has 0 saturated carbocycles. The first kappa shape index (κ1) is 20.9. The van der Waals surface area contributed by atoms with Crippen LogP contribution >= 0.6 is 0 Å². The summed E-state index contributed by atoms with van der Waals surface area (Å²) in [7, 11) is -2.23. The van der Waals surface area contributed by atoms with Crippen LogP contribution in [-0.2, 0) is 19.6 Å². The Balaban J connectivity index is 1.70. The Morgan fingerprint density at radius 2 is 1.79 bits per heavy atom. The number of nitrogens with one attached hydrogen (secondary N) is 1. The number of hydrogen-bond donors (Lipinski definition) is 1. The molecule has 0 spiro atoms. The zero-order valence-corrected chi connectivity index (χ0v) is 17.3. The number of methoxy groups -OCH3 is 1.